The van der Waals surface area contributed by atoms with Crippen molar-refractivity contribution in [3.8, 4) is 0 Å². The van der Waals surface area contributed by atoms with Crippen LogP contribution in [0.15, 0.2) is 26.0 Å². The Labute approximate surface area is 232 Å². The highest BCUT2D eigenvalue weighted by atomic mass is 79.9. The van der Waals surface area contributed by atoms with Gasteiger partial charge in [-0.3, -0.25) is 0 Å². The second-order valence-corrected chi connectivity index (χ2v) is 13.6. The largest absolute Gasteiger partial charge is 0.490 e. The van der Waals surface area contributed by atoms with Crippen LogP contribution in [0.5, 0.6) is 0 Å². The first-order chi connectivity index (χ1) is 17.1. The SMILES string of the molecule is CN(C)CCC1CCN(c2cc(Br)c(S(=O)(=O)N3C[C@@H]4C[C@@H](O)[C@H]3C4)c(Br)c2)CC1.O=C(O)C(F)(F)F. The summed E-state index contributed by atoms with van der Waals surface area (Å²) in [5.74, 6) is -1.73. The molecule has 0 amide bonds. The number of aliphatic hydroxyl groups is 1. The van der Waals surface area contributed by atoms with Crippen molar-refractivity contribution in [2.75, 3.05) is 45.2 Å². The highest BCUT2D eigenvalue weighted by Gasteiger charge is 2.50. The number of alkyl halides is 3. The molecule has 2 bridgehead atoms. The van der Waals surface area contributed by atoms with Crippen LogP contribution in [0.4, 0.5) is 18.9 Å². The summed E-state index contributed by atoms with van der Waals surface area (Å²) >= 11 is 7.08. The molecule has 2 aliphatic heterocycles. The van der Waals surface area contributed by atoms with Gasteiger partial charge in [0, 0.05) is 34.3 Å². The van der Waals surface area contributed by atoms with Gasteiger partial charge >= 0.3 is 12.1 Å². The molecule has 1 aromatic carbocycles. The highest BCUT2D eigenvalue weighted by molar-refractivity contribution is 9.11. The average Bonchev–Trinajstić information content (AvgIpc) is 3.37. The maximum Gasteiger partial charge on any atom is 0.490 e. The topological polar surface area (TPSA) is 101 Å². The number of hydrogen-bond acceptors (Lipinski definition) is 6. The van der Waals surface area contributed by atoms with E-state index in [1.54, 1.807) is 0 Å². The second kappa shape index (κ2) is 12.1. The van der Waals surface area contributed by atoms with Crippen molar-refractivity contribution in [3.05, 3.63) is 21.1 Å². The Bertz CT molecular complexity index is 1060. The number of aliphatic hydroxyl groups excluding tert-OH is 1. The summed E-state index contributed by atoms with van der Waals surface area (Å²) < 4.78 is 61.2. The van der Waals surface area contributed by atoms with E-state index in [0.29, 0.717) is 21.9 Å². The van der Waals surface area contributed by atoms with Gasteiger partial charge in [0.1, 0.15) is 4.90 Å². The molecule has 8 nitrogen and oxygen atoms in total. The van der Waals surface area contributed by atoms with Gasteiger partial charge in [-0.15, -0.1) is 0 Å². The van der Waals surface area contributed by atoms with Crippen molar-refractivity contribution < 1.29 is 36.6 Å². The van der Waals surface area contributed by atoms with Gasteiger partial charge in [0.05, 0.1) is 12.1 Å². The van der Waals surface area contributed by atoms with E-state index in [2.05, 4.69) is 55.8 Å². The third-order valence-corrected chi connectivity index (χ3v) is 10.9. The number of carboxylic acid groups (broad SMARTS) is 1. The van der Waals surface area contributed by atoms with Crippen LogP contribution < -0.4 is 4.90 Å². The predicted molar refractivity (Wildman–Crippen MR) is 140 cm³/mol. The predicted octanol–water partition coefficient (Wildman–Crippen LogP) is 4.16. The third-order valence-electron chi connectivity index (χ3n) is 7.16. The fourth-order valence-electron chi connectivity index (χ4n) is 5.23. The molecule has 0 spiro atoms. The molecule has 37 heavy (non-hydrogen) atoms. The van der Waals surface area contributed by atoms with Gasteiger partial charge < -0.3 is 20.0 Å². The van der Waals surface area contributed by atoms with Crippen LogP contribution in [0.2, 0.25) is 0 Å². The van der Waals surface area contributed by atoms with Crippen LogP contribution in [0.25, 0.3) is 0 Å². The van der Waals surface area contributed by atoms with Gasteiger partial charge in [-0.25, -0.2) is 13.2 Å². The number of sulfonamides is 1. The molecule has 1 aliphatic carbocycles. The van der Waals surface area contributed by atoms with E-state index in [1.807, 2.05) is 12.1 Å². The van der Waals surface area contributed by atoms with Gasteiger partial charge in [0.15, 0.2) is 0 Å². The Morgan fingerprint density at radius 3 is 2.11 bits per heavy atom. The molecule has 4 rings (SSSR count). The van der Waals surface area contributed by atoms with Crippen LogP contribution in [0.3, 0.4) is 0 Å². The van der Waals surface area contributed by atoms with Crippen LogP contribution in [-0.4, -0.2) is 92.4 Å². The van der Waals surface area contributed by atoms with Crippen molar-refractivity contribution >= 4 is 53.5 Å². The quantitative estimate of drug-likeness (QED) is 0.466. The molecule has 3 atom stereocenters. The number of aliphatic carboxylic acids is 1. The van der Waals surface area contributed by atoms with E-state index in [0.717, 1.165) is 50.5 Å². The standard InChI is InChI=1S/C21H31Br2N3O3S.C2HF3O2/c1-24(2)6-3-14-4-7-25(8-5-14)16-11-17(22)21(18(23)12-16)30(28,29)26-13-15-9-19(26)20(27)10-15;3-2(4,5)1(6)7/h11-12,14-15,19-20,27H,3-10,13H2,1-2H3;(H,6,7)/t15-,19+,20+;/m0./s1. The molecule has 210 valence electrons. The Balaban J connectivity index is 0.000000479. The van der Waals surface area contributed by atoms with Crippen LogP contribution in [0, 0.1) is 11.8 Å². The number of anilines is 1. The molecule has 3 aliphatic rings. The average molecular weight is 679 g/mol. The summed E-state index contributed by atoms with van der Waals surface area (Å²) in [6.07, 6.45) is -0.603. The number of nitrogens with zero attached hydrogens (tertiary/aromatic N) is 3. The van der Waals surface area contributed by atoms with E-state index >= 15 is 0 Å². The van der Waals surface area contributed by atoms with Crippen molar-refractivity contribution in [1.82, 2.24) is 9.21 Å². The minimum absolute atomic E-state index is 0.269. The lowest BCUT2D eigenvalue weighted by atomic mass is 9.93. The maximum atomic E-state index is 13.4. The Hall–Kier alpha value is -0.930. The zero-order valence-electron chi connectivity index (χ0n) is 20.6. The molecular weight excluding hydrogens is 647 g/mol. The number of carbonyl (C=O) groups is 1. The van der Waals surface area contributed by atoms with E-state index in [1.165, 1.54) is 10.7 Å². The summed E-state index contributed by atoms with van der Waals surface area (Å²) in [5.41, 5.74) is 1.04. The van der Waals surface area contributed by atoms with E-state index < -0.39 is 28.3 Å². The molecule has 3 fully saturated rings. The molecule has 0 radical (unpaired) electrons. The smallest absolute Gasteiger partial charge is 0.475 e. The van der Waals surface area contributed by atoms with Crippen molar-refractivity contribution in [2.24, 2.45) is 11.8 Å². The van der Waals surface area contributed by atoms with E-state index in [-0.39, 0.29) is 16.9 Å². The molecule has 14 heteroatoms. The van der Waals surface area contributed by atoms with Gasteiger partial charge in [-0.1, -0.05) is 0 Å². The van der Waals surface area contributed by atoms with Gasteiger partial charge in [-0.2, -0.15) is 17.5 Å². The number of hydrogen-bond donors (Lipinski definition) is 2. The van der Waals surface area contributed by atoms with Gasteiger partial charge in [-0.05, 0) is 109 Å². The molecular formula is C23H32Br2F3N3O5S. The second-order valence-electron chi connectivity index (χ2n) is 10.1. The fourth-order valence-corrected chi connectivity index (χ4v) is 9.46. The van der Waals surface area contributed by atoms with Crippen molar-refractivity contribution in [3.63, 3.8) is 0 Å². The number of fused-ring (bicyclic) bond motifs is 2. The third kappa shape index (κ3) is 7.38. The summed E-state index contributed by atoms with van der Waals surface area (Å²) in [7, 11) is 0.558. The molecule has 0 aromatic heterocycles. The molecule has 1 aromatic rings. The first-order valence-electron chi connectivity index (χ1n) is 12.0. The van der Waals surface area contributed by atoms with Crippen molar-refractivity contribution in [2.45, 2.75) is 55.3 Å². The summed E-state index contributed by atoms with van der Waals surface area (Å²) in [5, 5.41) is 17.3. The minimum Gasteiger partial charge on any atom is -0.475 e. The van der Waals surface area contributed by atoms with Crippen LogP contribution >= 0.6 is 31.9 Å². The van der Waals surface area contributed by atoms with Crippen LogP contribution in [-0.2, 0) is 14.8 Å². The fraction of sp³-hybridized carbons (Fsp3) is 0.696. The monoisotopic (exact) mass is 677 g/mol. The molecule has 0 unspecified atom stereocenters. The Kier molecular flexibility index (Phi) is 9.99. The zero-order chi connectivity index (χ0) is 27.7. The number of benzene rings is 1. The molecule has 2 N–H and O–H groups in total. The first kappa shape index (κ1) is 30.6. The minimum atomic E-state index is -5.08. The first-order valence-corrected chi connectivity index (χ1v) is 15.0. The molecule has 2 saturated heterocycles. The van der Waals surface area contributed by atoms with Crippen molar-refractivity contribution in [1.29, 1.82) is 0 Å². The van der Waals surface area contributed by atoms with Gasteiger partial charge in [0.2, 0.25) is 10.0 Å². The molecule has 2 heterocycles. The number of carboxylic acids is 1. The summed E-state index contributed by atoms with van der Waals surface area (Å²) in [4.78, 5) is 13.8. The number of rotatable bonds is 6. The highest BCUT2D eigenvalue weighted by Crippen LogP contribution is 2.44. The molecule has 1 saturated carbocycles. The summed E-state index contributed by atoms with van der Waals surface area (Å²) in [6.45, 7) is 3.61. The van der Waals surface area contributed by atoms with Gasteiger partial charge in [0.25, 0.3) is 0 Å². The lowest BCUT2D eigenvalue weighted by Gasteiger charge is -2.35. The number of piperidine rings is 2. The Morgan fingerprint density at radius 2 is 1.68 bits per heavy atom. The lowest BCUT2D eigenvalue weighted by molar-refractivity contribution is -0.192. The van der Waals surface area contributed by atoms with E-state index in [4.69, 9.17) is 9.90 Å². The Morgan fingerprint density at radius 1 is 1.14 bits per heavy atom. The normalized spacial score (nSPS) is 24.9. The zero-order valence-corrected chi connectivity index (χ0v) is 24.6. The summed E-state index contributed by atoms with van der Waals surface area (Å²) in [6, 6.07) is 3.57. The maximum absolute atomic E-state index is 13.4. The van der Waals surface area contributed by atoms with E-state index in [9.17, 15) is 26.7 Å². The van der Waals surface area contributed by atoms with Crippen LogP contribution in [0.1, 0.15) is 32.1 Å². The lowest BCUT2D eigenvalue weighted by Crippen LogP contribution is -2.44. The number of halogens is 5.